The summed E-state index contributed by atoms with van der Waals surface area (Å²) in [6, 6.07) is 13.5. The second-order valence-corrected chi connectivity index (χ2v) is 8.11. The van der Waals surface area contributed by atoms with Crippen molar-refractivity contribution in [2.24, 2.45) is 0 Å². The number of carbonyl (C=O) groups excluding carboxylic acids is 2. The van der Waals surface area contributed by atoms with Crippen LogP contribution in [0.4, 0.5) is 5.69 Å². The topological polar surface area (TPSA) is 59.1 Å². The molecule has 5 rings (SSSR count). The summed E-state index contributed by atoms with van der Waals surface area (Å²) in [6.45, 7) is 2.76. The number of amides is 2. The molecule has 2 saturated heterocycles. The number of ether oxygens (including phenoxy) is 2. The Labute approximate surface area is 176 Å². The number of hydrogen-bond donors (Lipinski definition) is 0. The van der Waals surface area contributed by atoms with Crippen molar-refractivity contribution in [3.05, 3.63) is 53.6 Å². The first-order chi connectivity index (χ1) is 14.7. The number of likely N-dealkylation sites (tertiary alicyclic amines) is 1. The van der Waals surface area contributed by atoms with Gasteiger partial charge < -0.3 is 19.3 Å². The highest BCUT2D eigenvalue weighted by Gasteiger charge is 2.32. The average molecular weight is 406 g/mol. The van der Waals surface area contributed by atoms with Crippen molar-refractivity contribution in [2.75, 3.05) is 31.2 Å². The van der Waals surface area contributed by atoms with Gasteiger partial charge in [0.15, 0.2) is 11.5 Å². The van der Waals surface area contributed by atoms with E-state index in [4.69, 9.17) is 9.47 Å². The molecule has 1 unspecified atom stereocenters. The van der Waals surface area contributed by atoms with E-state index in [9.17, 15) is 9.59 Å². The highest BCUT2D eigenvalue weighted by Crippen LogP contribution is 2.38. The molecular weight excluding hydrogens is 380 g/mol. The Morgan fingerprint density at radius 2 is 1.80 bits per heavy atom. The minimum absolute atomic E-state index is 0.0121. The summed E-state index contributed by atoms with van der Waals surface area (Å²) in [4.78, 5) is 29.2. The van der Waals surface area contributed by atoms with Gasteiger partial charge >= 0.3 is 0 Å². The van der Waals surface area contributed by atoms with Crippen LogP contribution in [-0.2, 0) is 4.79 Å². The van der Waals surface area contributed by atoms with Crippen molar-refractivity contribution in [1.82, 2.24) is 4.90 Å². The van der Waals surface area contributed by atoms with Crippen molar-refractivity contribution in [2.45, 2.75) is 38.1 Å². The minimum Gasteiger partial charge on any atom is -0.490 e. The van der Waals surface area contributed by atoms with Crippen molar-refractivity contribution < 1.29 is 19.1 Å². The molecule has 2 aromatic carbocycles. The van der Waals surface area contributed by atoms with Crippen molar-refractivity contribution in [3.63, 3.8) is 0 Å². The normalized spacial score (nSPS) is 21.1. The number of nitrogens with zero attached hydrogens (tertiary/aromatic N) is 2. The second-order valence-electron chi connectivity index (χ2n) is 8.11. The Balaban J connectivity index is 1.39. The molecular formula is C24H26N2O4. The minimum atomic E-state index is 0.0121. The molecule has 3 aliphatic heterocycles. The smallest absolute Gasteiger partial charge is 0.254 e. The zero-order valence-corrected chi connectivity index (χ0v) is 17.0. The Kier molecular flexibility index (Phi) is 5.07. The van der Waals surface area contributed by atoms with Gasteiger partial charge in [-0.05, 0) is 55.2 Å². The molecule has 2 aromatic rings. The molecule has 0 aromatic heterocycles. The number of carbonyl (C=O) groups is 2. The third-order valence-electron chi connectivity index (χ3n) is 6.15. The third kappa shape index (κ3) is 3.51. The number of rotatable bonds is 3. The van der Waals surface area contributed by atoms with E-state index >= 15 is 0 Å². The van der Waals surface area contributed by atoms with Gasteiger partial charge in [0.2, 0.25) is 5.91 Å². The zero-order valence-electron chi connectivity index (χ0n) is 17.0. The van der Waals surface area contributed by atoms with Crippen LogP contribution in [0.1, 0.15) is 54.1 Å². The molecule has 0 spiro atoms. The SMILES string of the molecule is O=C1CCCN1c1cccc(C(=O)N2CCCC2c2ccc3c(c2)OCCCO3)c1. The van der Waals surface area contributed by atoms with Gasteiger partial charge in [0, 0.05) is 37.2 Å². The Morgan fingerprint density at radius 1 is 0.933 bits per heavy atom. The third-order valence-corrected chi connectivity index (χ3v) is 6.15. The highest BCUT2D eigenvalue weighted by atomic mass is 16.5. The van der Waals surface area contributed by atoms with Crippen LogP contribution in [-0.4, -0.2) is 43.0 Å². The first-order valence-electron chi connectivity index (χ1n) is 10.8. The summed E-state index contributed by atoms with van der Waals surface area (Å²) in [5.74, 6) is 1.68. The molecule has 2 fully saturated rings. The van der Waals surface area contributed by atoms with E-state index in [-0.39, 0.29) is 17.9 Å². The largest absolute Gasteiger partial charge is 0.490 e. The molecule has 0 saturated carbocycles. The fourth-order valence-electron chi connectivity index (χ4n) is 4.64. The fraction of sp³-hybridized carbons (Fsp3) is 0.417. The number of benzene rings is 2. The summed E-state index contributed by atoms with van der Waals surface area (Å²) in [5, 5.41) is 0. The molecule has 156 valence electrons. The van der Waals surface area contributed by atoms with Crippen LogP contribution in [0, 0.1) is 0 Å². The standard InChI is InChI=1S/C24H26N2O4/c27-23-8-3-11-25(23)19-6-1-5-18(15-19)24(28)26-12-2-7-20(26)17-9-10-21-22(16-17)30-14-4-13-29-21/h1,5-6,9-10,15-16,20H,2-4,7-8,11-14H2. The molecule has 6 heteroatoms. The summed E-state index contributed by atoms with van der Waals surface area (Å²) in [5.41, 5.74) is 2.53. The second kappa shape index (κ2) is 8.01. The van der Waals surface area contributed by atoms with Crippen LogP contribution in [0.25, 0.3) is 0 Å². The first kappa shape index (κ1) is 19.0. The maximum absolute atomic E-state index is 13.4. The van der Waals surface area contributed by atoms with E-state index in [1.165, 1.54) is 0 Å². The fourth-order valence-corrected chi connectivity index (χ4v) is 4.64. The molecule has 2 amide bonds. The van der Waals surface area contributed by atoms with E-state index in [0.29, 0.717) is 25.2 Å². The average Bonchev–Trinajstić information content (AvgIpc) is 3.36. The quantitative estimate of drug-likeness (QED) is 0.774. The van der Waals surface area contributed by atoms with Gasteiger partial charge in [-0.25, -0.2) is 0 Å². The molecule has 30 heavy (non-hydrogen) atoms. The van der Waals surface area contributed by atoms with Gasteiger partial charge in [0.05, 0.1) is 19.3 Å². The Bertz CT molecular complexity index is 973. The zero-order chi connectivity index (χ0) is 20.5. The van der Waals surface area contributed by atoms with Gasteiger partial charge in [-0.2, -0.15) is 0 Å². The van der Waals surface area contributed by atoms with Gasteiger partial charge in [-0.3, -0.25) is 9.59 Å². The number of anilines is 1. The van der Waals surface area contributed by atoms with E-state index in [1.54, 1.807) is 4.90 Å². The summed E-state index contributed by atoms with van der Waals surface area (Å²) >= 11 is 0. The maximum atomic E-state index is 13.4. The first-order valence-corrected chi connectivity index (χ1v) is 10.8. The molecule has 3 aliphatic rings. The Hall–Kier alpha value is -3.02. The lowest BCUT2D eigenvalue weighted by atomic mass is 10.0. The van der Waals surface area contributed by atoms with Gasteiger partial charge in [-0.1, -0.05) is 12.1 Å². The van der Waals surface area contributed by atoms with E-state index in [2.05, 4.69) is 0 Å². The predicted molar refractivity (Wildman–Crippen MR) is 113 cm³/mol. The van der Waals surface area contributed by atoms with Crippen LogP contribution in [0.3, 0.4) is 0 Å². The number of fused-ring (bicyclic) bond motifs is 1. The van der Waals surface area contributed by atoms with Crippen molar-refractivity contribution >= 4 is 17.5 Å². The molecule has 6 nitrogen and oxygen atoms in total. The van der Waals surface area contributed by atoms with Crippen LogP contribution >= 0.6 is 0 Å². The molecule has 0 aliphatic carbocycles. The molecule has 0 N–H and O–H groups in total. The predicted octanol–water partition coefficient (Wildman–Crippen LogP) is 3.95. The van der Waals surface area contributed by atoms with Crippen LogP contribution < -0.4 is 14.4 Å². The van der Waals surface area contributed by atoms with Crippen molar-refractivity contribution in [3.8, 4) is 11.5 Å². The summed E-state index contributed by atoms with van der Waals surface area (Å²) < 4.78 is 11.6. The lowest BCUT2D eigenvalue weighted by molar-refractivity contribution is -0.117. The van der Waals surface area contributed by atoms with Crippen molar-refractivity contribution in [1.29, 1.82) is 0 Å². The number of hydrogen-bond acceptors (Lipinski definition) is 4. The molecule has 0 radical (unpaired) electrons. The van der Waals surface area contributed by atoms with Crippen LogP contribution in [0.15, 0.2) is 42.5 Å². The van der Waals surface area contributed by atoms with Crippen LogP contribution in [0.2, 0.25) is 0 Å². The molecule has 0 bridgehead atoms. The van der Waals surface area contributed by atoms with E-state index < -0.39 is 0 Å². The van der Waals surface area contributed by atoms with Gasteiger partial charge in [0.25, 0.3) is 5.91 Å². The summed E-state index contributed by atoms with van der Waals surface area (Å²) in [7, 11) is 0. The maximum Gasteiger partial charge on any atom is 0.254 e. The van der Waals surface area contributed by atoms with E-state index in [1.807, 2.05) is 47.4 Å². The van der Waals surface area contributed by atoms with E-state index in [0.717, 1.165) is 61.5 Å². The monoisotopic (exact) mass is 406 g/mol. The van der Waals surface area contributed by atoms with Gasteiger partial charge in [-0.15, -0.1) is 0 Å². The Morgan fingerprint density at radius 3 is 2.63 bits per heavy atom. The van der Waals surface area contributed by atoms with Crippen LogP contribution in [0.5, 0.6) is 11.5 Å². The lowest BCUT2D eigenvalue weighted by Gasteiger charge is -2.26. The lowest BCUT2D eigenvalue weighted by Crippen LogP contribution is -2.31. The van der Waals surface area contributed by atoms with Gasteiger partial charge in [0.1, 0.15) is 0 Å². The summed E-state index contributed by atoms with van der Waals surface area (Å²) in [6.07, 6.45) is 4.21. The highest BCUT2D eigenvalue weighted by molar-refractivity contribution is 5.99. The molecule has 3 heterocycles. The molecule has 1 atom stereocenters.